The van der Waals surface area contributed by atoms with E-state index in [0.29, 0.717) is 19.6 Å². The van der Waals surface area contributed by atoms with Gasteiger partial charge in [0, 0.05) is 39.0 Å². The fourth-order valence-electron chi connectivity index (χ4n) is 2.41. The summed E-state index contributed by atoms with van der Waals surface area (Å²) in [6.45, 7) is 1.51. The maximum Gasteiger partial charge on any atom is 0.303 e. The molecule has 17 heavy (non-hydrogen) atoms. The van der Waals surface area contributed by atoms with Crippen molar-refractivity contribution in [1.29, 1.82) is 0 Å². The van der Waals surface area contributed by atoms with Crippen molar-refractivity contribution < 1.29 is 19.5 Å². The van der Waals surface area contributed by atoms with E-state index >= 15 is 0 Å². The standard InChI is InChI=1S/C11H16N2O4/c1-12-6-8(3-9(12)14)11(17)13-4-7(5-13)2-10(15)16/h7-8H,2-6H2,1H3,(H,15,16). The van der Waals surface area contributed by atoms with Crippen molar-refractivity contribution in [2.75, 3.05) is 26.7 Å². The Balaban J connectivity index is 1.80. The molecule has 2 aliphatic heterocycles. The predicted molar refractivity (Wildman–Crippen MR) is 58.1 cm³/mol. The molecule has 0 aromatic heterocycles. The van der Waals surface area contributed by atoms with E-state index in [1.54, 1.807) is 16.8 Å². The molecule has 0 saturated carbocycles. The monoisotopic (exact) mass is 240 g/mol. The Morgan fingerprint density at radius 2 is 2.00 bits per heavy atom. The quantitative estimate of drug-likeness (QED) is 0.714. The van der Waals surface area contributed by atoms with Gasteiger partial charge in [0.05, 0.1) is 12.3 Å². The van der Waals surface area contributed by atoms with Gasteiger partial charge in [0.1, 0.15) is 0 Å². The molecule has 1 unspecified atom stereocenters. The van der Waals surface area contributed by atoms with Crippen molar-refractivity contribution in [2.45, 2.75) is 12.8 Å². The number of hydrogen-bond donors (Lipinski definition) is 1. The van der Waals surface area contributed by atoms with Crippen molar-refractivity contribution in [2.24, 2.45) is 11.8 Å². The van der Waals surface area contributed by atoms with Gasteiger partial charge in [-0.3, -0.25) is 14.4 Å². The molecule has 1 N–H and O–H groups in total. The average Bonchev–Trinajstić information content (AvgIpc) is 2.51. The summed E-state index contributed by atoms with van der Waals surface area (Å²) >= 11 is 0. The van der Waals surface area contributed by atoms with Crippen molar-refractivity contribution >= 4 is 17.8 Å². The summed E-state index contributed by atoms with van der Waals surface area (Å²) in [6.07, 6.45) is 0.405. The van der Waals surface area contributed by atoms with Gasteiger partial charge >= 0.3 is 5.97 Å². The summed E-state index contributed by atoms with van der Waals surface area (Å²) in [5.74, 6) is -0.988. The van der Waals surface area contributed by atoms with Crippen LogP contribution in [-0.2, 0) is 14.4 Å². The van der Waals surface area contributed by atoms with Gasteiger partial charge in [0.15, 0.2) is 0 Å². The molecule has 1 atom stereocenters. The van der Waals surface area contributed by atoms with E-state index in [-0.39, 0.29) is 36.5 Å². The van der Waals surface area contributed by atoms with Gasteiger partial charge in [-0.2, -0.15) is 0 Å². The topological polar surface area (TPSA) is 77.9 Å². The molecule has 0 spiro atoms. The van der Waals surface area contributed by atoms with E-state index in [1.807, 2.05) is 0 Å². The van der Waals surface area contributed by atoms with Crippen LogP contribution in [0.3, 0.4) is 0 Å². The molecule has 2 amide bonds. The molecule has 2 heterocycles. The maximum atomic E-state index is 11.9. The number of hydrogen-bond acceptors (Lipinski definition) is 3. The molecule has 2 aliphatic rings. The van der Waals surface area contributed by atoms with Crippen LogP contribution in [0.1, 0.15) is 12.8 Å². The first-order valence-corrected chi connectivity index (χ1v) is 5.72. The van der Waals surface area contributed by atoms with E-state index in [4.69, 9.17) is 5.11 Å². The molecule has 0 aromatic rings. The molecule has 0 aliphatic carbocycles. The Bertz CT molecular complexity index is 362. The van der Waals surface area contributed by atoms with Gasteiger partial charge < -0.3 is 14.9 Å². The number of aliphatic carboxylic acids is 1. The molecule has 2 rings (SSSR count). The zero-order valence-corrected chi connectivity index (χ0v) is 9.76. The minimum Gasteiger partial charge on any atom is -0.481 e. The second kappa shape index (κ2) is 4.35. The minimum atomic E-state index is -0.821. The van der Waals surface area contributed by atoms with Gasteiger partial charge in [-0.1, -0.05) is 0 Å². The zero-order chi connectivity index (χ0) is 12.6. The maximum absolute atomic E-state index is 11.9. The summed E-state index contributed by atoms with van der Waals surface area (Å²) in [5.41, 5.74) is 0. The fraction of sp³-hybridized carbons (Fsp3) is 0.727. The van der Waals surface area contributed by atoms with E-state index in [1.165, 1.54) is 0 Å². The van der Waals surface area contributed by atoms with Gasteiger partial charge in [-0.25, -0.2) is 0 Å². The molecule has 6 heteroatoms. The summed E-state index contributed by atoms with van der Waals surface area (Å²) < 4.78 is 0. The lowest BCUT2D eigenvalue weighted by atomic mass is 9.94. The normalized spacial score (nSPS) is 25.0. The van der Waals surface area contributed by atoms with E-state index < -0.39 is 5.97 Å². The molecule has 0 bridgehead atoms. The highest BCUT2D eigenvalue weighted by molar-refractivity contribution is 5.89. The Morgan fingerprint density at radius 1 is 1.35 bits per heavy atom. The molecular weight excluding hydrogens is 224 g/mol. The molecule has 2 saturated heterocycles. The molecule has 0 aromatic carbocycles. The van der Waals surface area contributed by atoms with Crippen LogP contribution in [0.15, 0.2) is 0 Å². The number of carboxylic acid groups (broad SMARTS) is 1. The highest BCUT2D eigenvalue weighted by Gasteiger charge is 2.39. The van der Waals surface area contributed by atoms with Crippen LogP contribution < -0.4 is 0 Å². The van der Waals surface area contributed by atoms with Crippen LogP contribution in [0, 0.1) is 11.8 Å². The molecule has 94 valence electrons. The van der Waals surface area contributed by atoms with Crippen molar-refractivity contribution in [3.8, 4) is 0 Å². The SMILES string of the molecule is CN1CC(C(=O)N2CC(CC(=O)O)C2)CC1=O. The van der Waals surface area contributed by atoms with Gasteiger partial charge in [-0.15, -0.1) is 0 Å². The van der Waals surface area contributed by atoms with Crippen LogP contribution in [0.2, 0.25) is 0 Å². The first kappa shape index (κ1) is 11.9. The Labute approximate surface area is 99.2 Å². The first-order chi connectivity index (χ1) is 7.97. The van der Waals surface area contributed by atoms with Gasteiger partial charge in [0.2, 0.25) is 11.8 Å². The largest absolute Gasteiger partial charge is 0.481 e. The van der Waals surface area contributed by atoms with Crippen molar-refractivity contribution in [1.82, 2.24) is 9.80 Å². The summed E-state index contributed by atoms with van der Waals surface area (Å²) in [5, 5.41) is 8.60. The predicted octanol–water partition coefficient (Wildman–Crippen LogP) is -0.602. The lowest BCUT2D eigenvalue weighted by molar-refractivity contribution is -0.147. The van der Waals surface area contributed by atoms with Crippen LogP contribution in [0.4, 0.5) is 0 Å². The molecule has 0 radical (unpaired) electrons. The smallest absolute Gasteiger partial charge is 0.303 e. The van der Waals surface area contributed by atoms with Crippen molar-refractivity contribution in [3.63, 3.8) is 0 Å². The summed E-state index contributed by atoms with van der Waals surface area (Å²) in [7, 11) is 1.69. The number of carbonyl (C=O) groups is 3. The van der Waals surface area contributed by atoms with Crippen LogP contribution in [-0.4, -0.2) is 59.4 Å². The molecule has 2 fully saturated rings. The number of nitrogens with zero attached hydrogens (tertiary/aromatic N) is 2. The molecular formula is C11H16N2O4. The zero-order valence-electron chi connectivity index (χ0n) is 9.76. The van der Waals surface area contributed by atoms with Gasteiger partial charge in [-0.05, 0) is 0 Å². The third kappa shape index (κ3) is 2.40. The summed E-state index contributed by atoms with van der Waals surface area (Å²) in [4.78, 5) is 36.9. The average molecular weight is 240 g/mol. The van der Waals surface area contributed by atoms with Crippen LogP contribution in [0.25, 0.3) is 0 Å². The number of rotatable bonds is 3. The van der Waals surface area contributed by atoms with E-state index in [2.05, 4.69) is 0 Å². The lowest BCUT2D eigenvalue weighted by Gasteiger charge is -2.39. The van der Waals surface area contributed by atoms with Crippen LogP contribution in [0.5, 0.6) is 0 Å². The number of amides is 2. The second-order valence-electron chi connectivity index (χ2n) is 4.88. The highest BCUT2D eigenvalue weighted by Crippen LogP contribution is 2.25. The third-order valence-corrected chi connectivity index (χ3v) is 3.42. The fourth-order valence-corrected chi connectivity index (χ4v) is 2.41. The van der Waals surface area contributed by atoms with E-state index in [0.717, 1.165) is 0 Å². The Morgan fingerprint density at radius 3 is 2.47 bits per heavy atom. The van der Waals surface area contributed by atoms with Crippen LogP contribution >= 0.6 is 0 Å². The van der Waals surface area contributed by atoms with E-state index in [9.17, 15) is 14.4 Å². The number of likely N-dealkylation sites (tertiary alicyclic amines) is 2. The molecule has 6 nitrogen and oxygen atoms in total. The number of carboxylic acids is 1. The second-order valence-corrected chi connectivity index (χ2v) is 4.88. The highest BCUT2D eigenvalue weighted by atomic mass is 16.4. The summed E-state index contributed by atoms with van der Waals surface area (Å²) in [6, 6.07) is 0. The first-order valence-electron chi connectivity index (χ1n) is 5.72. The Hall–Kier alpha value is -1.59. The third-order valence-electron chi connectivity index (χ3n) is 3.42. The Kier molecular flexibility index (Phi) is 3.04. The van der Waals surface area contributed by atoms with Gasteiger partial charge in [0.25, 0.3) is 0 Å². The van der Waals surface area contributed by atoms with Crippen molar-refractivity contribution in [3.05, 3.63) is 0 Å². The minimum absolute atomic E-state index is 0.00552. The lowest BCUT2D eigenvalue weighted by Crippen LogP contribution is -2.52. The number of carbonyl (C=O) groups excluding carboxylic acids is 2.